The molecule has 0 N–H and O–H groups in total. The third kappa shape index (κ3) is 8.80. The van der Waals surface area contributed by atoms with E-state index in [1.54, 1.807) is 0 Å². The molecule has 0 aromatic heterocycles. The summed E-state index contributed by atoms with van der Waals surface area (Å²) in [5.41, 5.74) is 2.71. The van der Waals surface area contributed by atoms with E-state index in [0.717, 1.165) is 26.1 Å². The Morgan fingerprint density at radius 3 is 1.41 bits per heavy atom. The SMILES string of the molecule is CCC[CH2][Sn]([CH2]CCC)([O]CCc1ccccc1)[O]CCc1ccccc1. The Bertz CT molecular complexity index is 545. The molecule has 0 spiro atoms. The molecule has 0 bridgehead atoms. The molecule has 0 unspecified atom stereocenters. The van der Waals surface area contributed by atoms with Crippen LogP contribution in [0.5, 0.6) is 0 Å². The van der Waals surface area contributed by atoms with E-state index < -0.39 is 19.2 Å². The van der Waals surface area contributed by atoms with E-state index in [4.69, 9.17) is 6.15 Å². The van der Waals surface area contributed by atoms with Gasteiger partial charge in [0.05, 0.1) is 0 Å². The van der Waals surface area contributed by atoms with Crippen molar-refractivity contribution in [3.8, 4) is 0 Å². The van der Waals surface area contributed by atoms with Gasteiger partial charge in [-0.3, -0.25) is 0 Å². The molecule has 27 heavy (non-hydrogen) atoms. The van der Waals surface area contributed by atoms with Crippen LogP contribution in [-0.2, 0) is 19.0 Å². The minimum atomic E-state index is -3.02. The Hall–Kier alpha value is -0.841. The van der Waals surface area contributed by atoms with E-state index >= 15 is 0 Å². The van der Waals surface area contributed by atoms with Crippen molar-refractivity contribution in [2.24, 2.45) is 0 Å². The van der Waals surface area contributed by atoms with E-state index in [0.29, 0.717) is 0 Å². The summed E-state index contributed by atoms with van der Waals surface area (Å²) in [6.45, 7) is 6.15. The minimum absolute atomic E-state index is 0.804. The average molecular weight is 475 g/mol. The van der Waals surface area contributed by atoms with Gasteiger partial charge in [0, 0.05) is 0 Å². The summed E-state index contributed by atoms with van der Waals surface area (Å²) >= 11 is -3.02. The van der Waals surface area contributed by atoms with Crippen LogP contribution in [0, 0.1) is 0 Å². The van der Waals surface area contributed by atoms with Gasteiger partial charge in [-0.15, -0.1) is 0 Å². The zero-order chi connectivity index (χ0) is 19.2. The molecule has 0 atom stereocenters. The maximum absolute atomic E-state index is 6.66. The molecule has 2 nitrogen and oxygen atoms in total. The number of hydrogen-bond donors (Lipinski definition) is 0. The van der Waals surface area contributed by atoms with Crippen LogP contribution < -0.4 is 0 Å². The van der Waals surface area contributed by atoms with Crippen molar-refractivity contribution in [1.82, 2.24) is 0 Å². The molecule has 0 saturated carbocycles. The van der Waals surface area contributed by atoms with Gasteiger partial charge < -0.3 is 0 Å². The number of unbranched alkanes of at least 4 members (excludes halogenated alkanes) is 2. The summed E-state index contributed by atoms with van der Waals surface area (Å²) in [4.78, 5) is 0. The van der Waals surface area contributed by atoms with Gasteiger partial charge in [0.1, 0.15) is 0 Å². The first-order valence-electron chi connectivity index (χ1n) is 10.6. The quantitative estimate of drug-likeness (QED) is 0.289. The molecule has 0 aliphatic rings. The second-order valence-corrected chi connectivity index (χ2v) is 17.0. The van der Waals surface area contributed by atoms with Crippen molar-refractivity contribution < 1.29 is 6.15 Å². The van der Waals surface area contributed by atoms with Crippen molar-refractivity contribution >= 4 is 19.2 Å². The summed E-state index contributed by atoms with van der Waals surface area (Å²) in [5.74, 6) is 0. The zero-order valence-corrected chi connectivity index (χ0v) is 20.0. The van der Waals surface area contributed by atoms with Crippen LogP contribution in [-0.4, -0.2) is 32.4 Å². The number of rotatable bonds is 14. The van der Waals surface area contributed by atoms with Gasteiger partial charge in [-0.05, 0) is 0 Å². The first kappa shape index (κ1) is 22.4. The van der Waals surface area contributed by atoms with Crippen LogP contribution in [0.1, 0.15) is 50.7 Å². The molecule has 2 aromatic rings. The summed E-state index contributed by atoms with van der Waals surface area (Å²) in [7, 11) is 0. The Balaban J connectivity index is 1.95. The molecule has 0 saturated heterocycles. The van der Waals surface area contributed by atoms with E-state index in [1.807, 2.05) is 0 Å². The molecular weight excluding hydrogens is 439 g/mol. The topological polar surface area (TPSA) is 18.5 Å². The Morgan fingerprint density at radius 1 is 0.630 bits per heavy atom. The molecule has 0 amide bonds. The molecule has 0 radical (unpaired) electrons. The molecular formula is C24H36O2Sn. The number of hydrogen-bond acceptors (Lipinski definition) is 2. The fourth-order valence-corrected chi connectivity index (χ4v) is 13.7. The van der Waals surface area contributed by atoms with Gasteiger partial charge >= 0.3 is 172 Å². The molecule has 148 valence electrons. The second kappa shape index (κ2) is 13.4. The molecule has 0 aliphatic carbocycles. The first-order chi connectivity index (χ1) is 13.3. The number of benzene rings is 2. The summed E-state index contributed by atoms with van der Waals surface area (Å²) < 4.78 is 15.7. The zero-order valence-electron chi connectivity index (χ0n) is 17.2. The van der Waals surface area contributed by atoms with Gasteiger partial charge in [-0.25, -0.2) is 0 Å². The molecule has 3 heteroatoms. The Kier molecular flexibility index (Phi) is 11.1. The molecule has 0 heterocycles. The van der Waals surface area contributed by atoms with Crippen molar-refractivity contribution in [3.63, 3.8) is 0 Å². The van der Waals surface area contributed by atoms with Gasteiger partial charge in [0.2, 0.25) is 0 Å². The third-order valence-electron chi connectivity index (χ3n) is 5.02. The van der Waals surface area contributed by atoms with E-state index in [1.165, 1.54) is 45.7 Å². The normalized spacial score (nSPS) is 11.6. The van der Waals surface area contributed by atoms with Crippen molar-refractivity contribution in [1.29, 1.82) is 0 Å². The fourth-order valence-electron chi connectivity index (χ4n) is 3.35. The standard InChI is InChI=1S/2C8H9O.2C4H9.Sn/c2*9-7-6-8-4-2-1-3-5-8;2*1-3-4-2;/h2*1-5H,6-7H2;2*1,3-4H2,2H3;/q2*-1;;;+2. The van der Waals surface area contributed by atoms with E-state index in [2.05, 4.69) is 74.5 Å². The Labute approximate surface area is 171 Å². The Morgan fingerprint density at radius 2 is 1.04 bits per heavy atom. The van der Waals surface area contributed by atoms with Crippen molar-refractivity contribution in [2.45, 2.75) is 61.2 Å². The second-order valence-electron chi connectivity index (χ2n) is 7.29. The summed E-state index contributed by atoms with van der Waals surface area (Å²) in [5, 5.41) is 0. The van der Waals surface area contributed by atoms with Gasteiger partial charge in [-0.2, -0.15) is 0 Å². The average Bonchev–Trinajstić information content (AvgIpc) is 2.72. The van der Waals surface area contributed by atoms with Crippen molar-refractivity contribution in [3.05, 3.63) is 71.8 Å². The van der Waals surface area contributed by atoms with Gasteiger partial charge in [-0.1, -0.05) is 0 Å². The van der Waals surface area contributed by atoms with Crippen LogP contribution in [0.2, 0.25) is 8.87 Å². The third-order valence-corrected chi connectivity index (χ3v) is 15.6. The van der Waals surface area contributed by atoms with Crippen LogP contribution in [0.25, 0.3) is 0 Å². The van der Waals surface area contributed by atoms with Gasteiger partial charge in [0.15, 0.2) is 0 Å². The fraction of sp³-hybridized carbons (Fsp3) is 0.500. The van der Waals surface area contributed by atoms with Crippen LogP contribution in [0.4, 0.5) is 0 Å². The van der Waals surface area contributed by atoms with Crippen LogP contribution in [0.15, 0.2) is 60.7 Å². The van der Waals surface area contributed by atoms with Gasteiger partial charge in [0.25, 0.3) is 0 Å². The predicted molar refractivity (Wildman–Crippen MR) is 117 cm³/mol. The van der Waals surface area contributed by atoms with E-state index in [9.17, 15) is 0 Å². The molecule has 0 aliphatic heterocycles. The summed E-state index contributed by atoms with van der Waals surface area (Å²) in [6, 6.07) is 21.3. The summed E-state index contributed by atoms with van der Waals surface area (Å²) in [6.07, 6.45) is 6.87. The van der Waals surface area contributed by atoms with Crippen LogP contribution >= 0.6 is 0 Å². The van der Waals surface area contributed by atoms with Crippen LogP contribution in [0.3, 0.4) is 0 Å². The predicted octanol–water partition coefficient (Wildman–Crippen LogP) is 6.55. The molecule has 2 rings (SSSR count). The van der Waals surface area contributed by atoms with Crippen molar-refractivity contribution in [2.75, 3.05) is 13.2 Å². The monoisotopic (exact) mass is 476 g/mol. The maximum atomic E-state index is 6.66. The first-order valence-corrected chi connectivity index (χ1v) is 17.0. The molecule has 0 fully saturated rings. The molecule has 2 aromatic carbocycles. The van der Waals surface area contributed by atoms with E-state index in [-0.39, 0.29) is 0 Å².